The minimum absolute atomic E-state index is 0.0453. The molecule has 5 nitrogen and oxygen atoms in total. The Morgan fingerprint density at radius 1 is 1.30 bits per heavy atom. The Balaban J connectivity index is 1.75. The van der Waals surface area contributed by atoms with Crippen LogP contribution in [0.3, 0.4) is 0 Å². The van der Waals surface area contributed by atoms with Crippen molar-refractivity contribution in [2.45, 2.75) is 20.3 Å². The fraction of sp³-hybridized carbons (Fsp3) is 0.227. The van der Waals surface area contributed by atoms with Gasteiger partial charge in [0.1, 0.15) is 5.82 Å². The minimum atomic E-state index is -0.107. The highest BCUT2D eigenvalue weighted by atomic mass is 16.2. The molecule has 134 valence electrons. The van der Waals surface area contributed by atoms with Crippen molar-refractivity contribution >= 4 is 28.2 Å². The van der Waals surface area contributed by atoms with Crippen LogP contribution in [0.4, 0.5) is 11.5 Å². The molecule has 1 amide bonds. The van der Waals surface area contributed by atoms with Gasteiger partial charge in [0, 0.05) is 41.1 Å². The fourth-order valence-corrected chi connectivity index (χ4v) is 3.41. The predicted octanol–water partition coefficient (Wildman–Crippen LogP) is 3.70. The van der Waals surface area contributed by atoms with Crippen molar-refractivity contribution in [1.29, 1.82) is 0 Å². The summed E-state index contributed by atoms with van der Waals surface area (Å²) in [5.41, 5.74) is 11.3. The maximum absolute atomic E-state index is 12.3. The Bertz CT molecular complexity index is 1110. The molecule has 1 fully saturated rings. The highest BCUT2D eigenvalue weighted by Gasteiger charge is 2.41. The van der Waals surface area contributed by atoms with Crippen LogP contribution in [0.5, 0.6) is 0 Å². The third-order valence-corrected chi connectivity index (χ3v) is 5.26. The number of carbonyl (C=O) groups excluding carboxylic acids is 1. The largest absolute Gasteiger partial charge is 0.398 e. The second-order valence-electron chi connectivity index (χ2n) is 7.05. The van der Waals surface area contributed by atoms with Crippen molar-refractivity contribution in [2.75, 3.05) is 11.1 Å². The van der Waals surface area contributed by atoms with Gasteiger partial charge in [0.15, 0.2) is 0 Å². The van der Waals surface area contributed by atoms with Gasteiger partial charge in [-0.2, -0.15) is 0 Å². The summed E-state index contributed by atoms with van der Waals surface area (Å²) in [6, 6.07) is 5.90. The first-order chi connectivity index (χ1) is 13.0. The number of aryl methyl sites for hydroxylation is 1. The van der Waals surface area contributed by atoms with Gasteiger partial charge >= 0.3 is 0 Å². The van der Waals surface area contributed by atoms with E-state index in [-0.39, 0.29) is 17.7 Å². The minimum Gasteiger partial charge on any atom is -0.398 e. The summed E-state index contributed by atoms with van der Waals surface area (Å²) in [5.74, 6) is 3.00. The lowest BCUT2D eigenvalue weighted by molar-refractivity contribution is -0.117. The van der Waals surface area contributed by atoms with E-state index in [0.29, 0.717) is 11.5 Å². The molecule has 2 aromatic heterocycles. The lowest BCUT2D eigenvalue weighted by Crippen LogP contribution is -2.15. The molecule has 0 spiro atoms. The Labute approximate surface area is 158 Å². The fourth-order valence-electron chi connectivity index (χ4n) is 3.41. The molecule has 2 heterocycles. The second-order valence-corrected chi connectivity index (χ2v) is 7.05. The third-order valence-electron chi connectivity index (χ3n) is 5.26. The third kappa shape index (κ3) is 3.00. The zero-order valence-corrected chi connectivity index (χ0v) is 15.3. The summed E-state index contributed by atoms with van der Waals surface area (Å²) in [6.45, 7) is 4.05. The average Bonchev–Trinajstić information content (AvgIpc) is 3.45. The van der Waals surface area contributed by atoms with E-state index < -0.39 is 0 Å². The molecule has 0 radical (unpaired) electrons. The maximum atomic E-state index is 12.3. The quantitative estimate of drug-likeness (QED) is 0.554. The number of nitrogens with one attached hydrogen (secondary N) is 1. The van der Waals surface area contributed by atoms with Gasteiger partial charge in [-0.3, -0.25) is 9.78 Å². The molecule has 27 heavy (non-hydrogen) atoms. The molecular formula is C22H20N4O. The number of rotatable bonds is 3. The van der Waals surface area contributed by atoms with E-state index in [9.17, 15) is 4.79 Å². The van der Waals surface area contributed by atoms with Gasteiger partial charge in [-0.25, -0.2) is 4.98 Å². The molecule has 5 heteroatoms. The van der Waals surface area contributed by atoms with Crippen LogP contribution in [-0.4, -0.2) is 15.9 Å². The highest BCUT2D eigenvalue weighted by Crippen LogP contribution is 2.39. The van der Waals surface area contributed by atoms with E-state index in [4.69, 9.17) is 12.2 Å². The number of pyridine rings is 2. The van der Waals surface area contributed by atoms with E-state index in [2.05, 4.69) is 27.3 Å². The van der Waals surface area contributed by atoms with Crippen LogP contribution in [0.15, 0.2) is 36.8 Å². The first-order valence-corrected chi connectivity index (χ1v) is 8.86. The SMILES string of the molecule is C#C[C@@H]1C[C@H]1C(=O)Nc1cc2cc(-c3cnccc3C)c(C)c(N)c2cn1. The molecule has 1 aliphatic carbocycles. The van der Waals surface area contributed by atoms with E-state index in [1.807, 2.05) is 32.2 Å². The van der Waals surface area contributed by atoms with E-state index in [0.717, 1.165) is 39.4 Å². The van der Waals surface area contributed by atoms with Crippen LogP contribution in [0.25, 0.3) is 21.9 Å². The smallest absolute Gasteiger partial charge is 0.229 e. The van der Waals surface area contributed by atoms with Crippen LogP contribution in [0.2, 0.25) is 0 Å². The topological polar surface area (TPSA) is 80.9 Å². The van der Waals surface area contributed by atoms with Crippen LogP contribution in [0.1, 0.15) is 17.5 Å². The molecule has 1 aromatic carbocycles. The molecule has 0 saturated heterocycles. The Morgan fingerprint density at radius 2 is 2.11 bits per heavy atom. The van der Waals surface area contributed by atoms with E-state index in [1.165, 1.54) is 0 Å². The van der Waals surface area contributed by atoms with Gasteiger partial charge in [0.2, 0.25) is 5.91 Å². The number of nitrogens with two attached hydrogens (primary N) is 1. The summed E-state index contributed by atoms with van der Waals surface area (Å²) in [5, 5.41) is 4.65. The lowest BCUT2D eigenvalue weighted by atomic mass is 9.94. The molecule has 0 bridgehead atoms. The second kappa shape index (κ2) is 6.40. The van der Waals surface area contributed by atoms with Gasteiger partial charge in [-0.05, 0) is 60.5 Å². The van der Waals surface area contributed by atoms with Gasteiger partial charge < -0.3 is 11.1 Å². The number of anilines is 2. The van der Waals surface area contributed by atoms with Gasteiger partial charge in [0.05, 0.1) is 5.92 Å². The monoisotopic (exact) mass is 356 g/mol. The molecule has 1 saturated carbocycles. The summed E-state index contributed by atoms with van der Waals surface area (Å²) in [6.07, 6.45) is 11.5. The van der Waals surface area contributed by atoms with Crippen molar-refractivity contribution in [1.82, 2.24) is 9.97 Å². The van der Waals surface area contributed by atoms with Crippen molar-refractivity contribution in [2.24, 2.45) is 11.8 Å². The maximum Gasteiger partial charge on any atom is 0.229 e. The van der Waals surface area contributed by atoms with Crippen LogP contribution in [-0.2, 0) is 4.79 Å². The normalized spacial score (nSPS) is 18.1. The number of nitrogens with zero attached hydrogens (tertiary/aromatic N) is 2. The Morgan fingerprint density at radius 3 is 2.81 bits per heavy atom. The molecule has 3 N–H and O–H groups in total. The van der Waals surface area contributed by atoms with Gasteiger partial charge in [-0.1, -0.05) is 0 Å². The molecular weight excluding hydrogens is 336 g/mol. The van der Waals surface area contributed by atoms with Crippen molar-refractivity contribution < 1.29 is 4.79 Å². The first kappa shape index (κ1) is 17.0. The number of amides is 1. The zero-order chi connectivity index (χ0) is 19.1. The summed E-state index contributed by atoms with van der Waals surface area (Å²) >= 11 is 0. The molecule has 0 unspecified atom stereocenters. The van der Waals surface area contributed by atoms with E-state index in [1.54, 1.807) is 12.4 Å². The average molecular weight is 356 g/mol. The number of carbonyl (C=O) groups is 1. The van der Waals surface area contributed by atoms with Crippen molar-refractivity contribution in [3.8, 4) is 23.5 Å². The number of aromatic nitrogens is 2. The van der Waals surface area contributed by atoms with Gasteiger partial charge in [-0.15, -0.1) is 12.3 Å². The Kier molecular flexibility index (Phi) is 4.04. The zero-order valence-electron chi connectivity index (χ0n) is 15.3. The van der Waals surface area contributed by atoms with Crippen molar-refractivity contribution in [3.63, 3.8) is 0 Å². The first-order valence-electron chi connectivity index (χ1n) is 8.86. The number of nitrogen functional groups attached to an aromatic ring is 1. The molecule has 3 aromatic rings. The van der Waals surface area contributed by atoms with E-state index >= 15 is 0 Å². The summed E-state index contributed by atoms with van der Waals surface area (Å²) < 4.78 is 0. The van der Waals surface area contributed by atoms with Gasteiger partial charge in [0.25, 0.3) is 0 Å². The molecule has 2 atom stereocenters. The summed E-state index contributed by atoms with van der Waals surface area (Å²) in [4.78, 5) is 20.9. The predicted molar refractivity (Wildman–Crippen MR) is 108 cm³/mol. The summed E-state index contributed by atoms with van der Waals surface area (Å²) in [7, 11) is 0. The number of hydrogen-bond donors (Lipinski definition) is 2. The lowest BCUT2D eigenvalue weighted by Gasteiger charge is -2.14. The van der Waals surface area contributed by atoms with Crippen LogP contribution < -0.4 is 11.1 Å². The standard InChI is InChI=1S/C22H20N4O/c1-4-14-7-17(14)22(27)26-20-9-15-8-16(18-10-24-6-5-12(18)2)13(3)21(23)19(15)11-25-20/h1,5-6,8-11,14,17H,7,23H2,2-3H3,(H,25,26,27)/t14-,17-/m1/s1. The number of hydrogen-bond acceptors (Lipinski definition) is 4. The Hall–Kier alpha value is -3.39. The highest BCUT2D eigenvalue weighted by molar-refractivity contribution is 6.01. The molecule has 1 aliphatic rings. The molecule has 0 aliphatic heterocycles. The number of benzene rings is 1. The number of terminal acetylenes is 1. The van der Waals surface area contributed by atoms with Crippen molar-refractivity contribution in [3.05, 3.63) is 47.9 Å². The number of fused-ring (bicyclic) bond motifs is 1. The molecule has 4 rings (SSSR count). The van der Waals surface area contributed by atoms with Crippen LogP contribution >= 0.6 is 0 Å². The van der Waals surface area contributed by atoms with Crippen LogP contribution in [0, 0.1) is 38.0 Å².